The van der Waals surface area contributed by atoms with Gasteiger partial charge in [-0.05, 0) is 0 Å². The van der Waals surface area contributed by atoms with E-state index in [9.17, 15) is 0 Å². The Labute approximate surface area is 111 Å². The summed E-state index contributed by atoms with van der Waals surface area (Å²) in [6, 6.07) is 3.52. The molecule has 0 aliphatic carbocycles. The summed E-state index contributed by atoms with van der Waals surface area (Å²) in [5.74, 6) is 2.32. The topological polar surface area (TPSA) is 76.6 Å². The molecule has 2 N–H and O–H groups in total. The Balaban J connectivity index is 2.59. The van der Waals surface area contributed by atoms with Gasteiger partial charge in [0.2, 0.25) is 0 Å². The SMILES string of the molecule is COc1cc(OC)c(-c2cnc(CO)[nH]2)c(OC)c1. The molecule has 0 saturated heterocycles. The maximum atomic E-state index is 9.06. The van der Waals surface area contributed by atoms with Crippen molar-refractivity contribution in [3.63, 3.8) is 0 Å². The number of ether oxygens (including phenoxy) is 3. The van der Waals surface area contributed by atoms with Gasteiger partial charge in [-0.3, -0.25) is 0 Å². The van der Waals surface area contributed by atoms with Crippen molar-refractivity contribution in [1.82, 2.24) is 9.97 Å². The molecular weight excluding hydrogens is 248 g/mol. The van der Waals surface area contributed by atoms with Crippen LogP contribution in [0, 0.1) is 0 Å². The van der Waals surface area contributed by atoms with Crippen LogP contribution in [-0.4, -0.2) is 36.4 Å². The van der Waals surface area contributed by atoms with Crippen molar-refractivity contribution in [2.24, 2.45) is 0 Å². The lowest BCUT2D eigenvalue weighted by Crippen LogP contribution is -1.95. The first kappa shape index (κ1) is 13.2. The number of imidazole rings is 1. The highest BCUT2D eigenvalue weighted by molar-refractivity contribution is 5.75. The van der Waals surface area contributed by atoms with Gasteiger partial charge in [0.15, 0.2) is 0 Å². The quantitative estimate of drug-likeness (QED) is 0.857. The average Bonchev–Trinajstić information content (AvgIpc) is 2.94. The molecule has 0 aliphatic heterocycles. The third-order valence-electron chi connectivity index (χ3n) is 2.76. The normalized spacial score (nSPS) is 10.3. The van der Waals surface area contributed by atoms with E-state index in [0.717, 1.165) is 5.56 Å². The number of aromatic amines is 1. The first-order valence-electron chi connectivity index (χ1n) is 5.68. The summed E-state index contributed by atoms with van der Waals surface area (Å²) in [6.07, 6.45) is 1.62. The van der Waals surface area contributed by atoms with Gasteiger partial charge in [0.05, 0.1) is 38.8 Å². The molecule has 2 rings (SSSR count). The van der Waals surface area contributed by atoms with Crippen molar-refractivity contribution in [3.8, 4) is 28.5 Å². The Morgan fingerprint density at radius 3 is 2.16 bits per heavy atom. The van der Waals surface area contributed by atoms with Crippen molar-refractivity contribution in [3.05, 3.63) is 24.2 Å². The van der Waals surface area contributed by atoms with Crippen LogP contribution in [0.3, 0.4) is 0 Å². The van der Waals surface area contributed by atoms with E-state index in [4.69, 9.17) is 19.3 Å². The van der Waals surface area contributed by atoms with Crippen molar-refractivity contribution >= 4 is 0 Å². The maximum absolute atomic E-state index is 9.06. The lowest BCUT2D eigenvalue weighted by atomic mass is 10.1. The Bertz CT molecular complexity index is 541. The van der Waals surface area contributed by atoms with E-state index < -0.39 is 0 Å². The number of methoxy groups -OCH3 is 3. The van der Waals surface area contributed by atoms with Crippen LogP contribution in [-0.2, 0) is 6.61 Å². The highest BCUT2D eigenvalue weighted by Crippen LogP contribution is 2.40. The average molecular weight is 264 g/mol. The molecule has 1 heterocycles. The maximum Gasteiger partial charge on any atom is 0.135 e. The van der Waals surface area contributed by atoms with E-state index in [1.54, 1.807) is 39.7 Å². The molecule has 0 unspecified atom stereocenters. The van der Waals surface area contributed by atoms with Gasteiger partial charge in [0.25, 0.3) is 0 Å². The van der Waals surface area contributed by atoms with Crippen molar-refractivity contribution in [1.29, 1.82) is 0 Å². The van der Waals surface area contributed by atoms with Crippen LogP contribution in [0.5, 0.6) is 17.2 Å². The molecule has 0 fully saturated rings. The molecule has 102 valence electrons. The molecule has 0 aliphatic rings. The molecule has 0 bridgehead atoms. The lowest BCUT2D eigenvalue weighted by molar-refractivity contribution is 0.272. The van der Waals surface area contributed by atoms with Crippen LogP contribution in [0.1, 0.15) is 5.82 Å². The number of nitrogens with zero attached hydrogens (tertiary/aromatic N) is 1. The largest absolute Gasteiger partial charge is 0.496 e. The van der Waals surface area contributed by atoms with E-state index in [1.807, 2.05) is 0 Å². The van der Waals surface area contributed by atoms with E-state index in [2.05, 4.69) is 9.97 Å². The van der Waals surface area contributed by atoms with Crippen molar-refractivity contribution in [2.75, 3.05) is 21.3 Å². The first-order valence-corrected chi connectivity index (χ1v) is 5.68. The van der Waals surface area contributed by atoms with Crippen molar-refractivity contribution in [2.45, 2.75) is 6.61 Å². The molecule has 6 nitrogen and oxygen atoms in total. The molecule has 0 saturated carbocycles. The van der Waals surface area contributed by atoms with E-state index in [0.29, 0.717) is 28.8 Å². The number of hydrogen-bond donors (Lipinski definition) is 2. The molecule has 6 heteroatoms. The summed E-state index contributed by atoms with van der Waals surface area (Å²) in [5.41, 5.74) is 1.44. The highest BCUT2D eigenvalue weighted by Gasteiger charge is 2.17. The zero-order valence-corrected chi connectivity index (χ0v) is 11.1. The Hall–Kier alpha value is -2.21. The predicted octanol–water partition coefficient (Wildman–Crippen LogP) is 1.59. The molecular formula is C13H16N2O4. The minimum atomic E-state index is -0.152. The van der Waals surface area contributed by atoms with E-state index >= 15 is 0 Å². The van der Waals surface area contributed by atoms with Gasteiger partial charge in [0, 0.05) is 12.1 Å². The zero-order chi connectivity index (χ0) is 13.8. The number of aliphatic hydroxyl groups excluding tert-OH is 1. The Morgan fingerprint density at radius 2 is 1.74 bits per heavy atom. The molecule has 0 radical (unpaired) electrons. The number of nitrogens with one attached hydrogen (secondary N) is 1. The molecule has 1 aromatic carbocycles. The standard InChI is InChI=1S/C13H16N2O4/c1-17-8-4-10(18-2)13(11(5-8)19-3)9-6-14-12(7-16)15-9/h4-6,16H,7H2,1-3H3,(H,14,15). The zero-order valence-electron chi connectivity index (χ0n) is 11.1. The second-order valence-electron chi connectivity index (χ2n) is 3.81. The molecule has 0 spiro atoms. The predicted molar refractivity (Wildman–Crippen MR) is 69.6 cm³/mol. The van der Waals surface area contributed by atoms with Gasteiger partial charge in [-0.1, -0.05) is 0 Å². The fraction of sp³-hybridized carbons (Fsp3) is 0.308. The number of aromatic nitrogens is 2. The molecule has 19 heavy (non-hydrogen) atoms. The molecule has 2 aromatic rings. The van der Waals surface area contributed by atoms with E-state index in [-0.39, 0.29) is 6.61 Å². The number of H-pyrrole nitrogens is 1. The fourth-order valence-corrected chi connectivity index (χ4v) is 1.84. The summed E-state index contributed by atoms with van der Waals surface area (Å²) >= 11 is 0. The van der Waals surface area contributed by atoms with Crippen LogP contribution >= 0.6 is 0 Å². The summed E-state index contributed by atoms with van der Waals surface area (Å²) < 4.78 is 15.9. The van der Waals surface area contributed by atoms with Crippen LogP contribution in [0.25, 0.3) is 11.3 Å². The number of hydrogen-bond acceptors (Lipinski definition) is 5. The van der Waals surface area contributed by atoms with Gasteiger partial charge in [-0.2, -0.15) is 0 Å². The summed E-state index contributed by atoms with van der Waals surface area (Å²) in [4.78, 5) is 7.06. The Kier molecular flexibility index (Phi) is 3.91. The monoisotopic (exact) mass is 264 g/mol. The lowest BCUT2D eigenvalue weighted by Gasteiger charge is -2.13. The highest BCUT2D eigenvalue weighted by atomic mass is 16.5. The minimum absolute atomic E-state index is 0.152. The smallest absolute Gasteiger partial charge is 0.135 e. The van der Waals surface area contributed by atoms with Gasteiger partial charge in [-0.15, -0.1) is 0 Å². The molecule has 1 aromatic heterocycles. The van der Waals surface area contributed by atoms with Crippen LogP contribution < -0.4 is 14.2 Å². The van der Waals surface area contributed by atoms with Crippen LogP contribution in [0.2, 0.25) is 0 Å². The third-order valence-corrected chi connectivity index (χ3v) is 2.76. The third kappa shape index (κ3) is 2.48. The van der Waals surface area contributed by atoms with Gasteiger partial charge >= 0.3 is 0 Å². The van der Waals surface area contributed by atoms with Gasteiger partial charge in [0.1, 0.15) is 29.7 Å². The number of benzene rings is 1. The molecule has 0 atom stereocenters. The first-order chi connectivity index (χ1) is 9.23. The second kappa shape index (κ2) is 5.62. The number of rotatable bonds is 5. The number of aliphatic hydroxyl groups is 1. The summed E-state index contributed by atoms with van der Waals surface area (Å²) in [6.45, 7) is -0.152. The van der Waals surface area contributed by atoms with Crippen molar-refractivity contribution < 1.29 is 19.3 Å². The van der Waals surface area contributed by atoms with Gasteiger partial charge < -0.3 is 24.3 Å². The van der Waals surface area contributed by atoms with Crippen LogP contribution in [0.4, 0.5) is 0 Å². The van der Waals surface area contributed by atoms with Gasteiger partial charge in [-0.25, -0.2) is 4.98 Å². The molecule has 0 amide bonds. The second-order valence-corrected chi connectivity index (χ2v) is 3.81. The Morgan fingerprint density at radius 1 is 1.11 bits per heavy atom. The minimum Gasteiger partial charge on any atom is -0.496 e. The fourth-order valence-electron chi connectivity index (χ4n) is 1.84. The van der Waals surface area contributed by atoms with E-state index in [1.165, 1.54) is 0 Å². The summed E-state index contributed by atoms with van der Waals surface area (Å²) in [7, 11) is 4.72. The summed E-state index contributed by atoms with van der Waals surface area (Å²) in [5, 5.41) is 9.06. The van der Waals surface area contributed by atoms with Crippen LogP contribution in [0.15, 0.2) is 18.3 Å².